The quantitative estimate of drug-likeness (QED) is 0.713. The van der Waals surface area contributed by atoms with E-state index in [0.29, 0.717) is 36.0 Å². The molecule has 0 saturated heterocycles. The van der Waals surface area contributed by atoms with Crippen LogP contribution in [0.25, 0.3) is 5.78 Å². The zero-order chi connectivity index (χ0) is 19.1. The molecule has 9 heteroatoms. The number of aromatic nitrogens is 4. The second-order valence-corrected chi connectivity index (χ2v) is 6.75. The van der Waals surface area contributed by atoms with Crippen LogP contribution in [-0.2, 0) is 22.9 Å². The van der Waals surface area contributed by atoms with Crippen molar-refractivity contribution < 1.29 is 17.9 Å². The van der Waals surface area contributed by atoms with Gasteiger partial charge in [-0.05, 0) is 24.5 Å². The van der Waals surface area contributed by atoms with E-state index in [9.17, 15) is 13.2 Å². The Kier molecular flexibility index (Phi) is 4.26. The van der Waals surface area contributed by atoms with Crippen molar-refractivity contribution in [2.24, 2.45) is 0 Å². The summed E-state index contributed by atoms with van der Waals surface area (Å²) in [4.78, 5) is 8.44. The summed E-state index contributed by atoms with van der Waals surface area (Å²) < 4.78 is 45.8. The number of ether oxygens (including phenoxy) is 1. The van der Waals surface area contributed by atoms with Gasteiger partial charge in [-0.15, -0.1) is 0 Å². The smallest absolute Gasteiger partial charge is 0.378 e. The number of hydrogen-bond donors (Lipinski definition) is 1. The average Bonchev–Trinajstić information content (AvgIpc) is 3.28. The monoisotopic (exact) mass is 377 g/mol. The normalized spacial score (nSPS) is 15.9. The number of alkyl halides is 3. The van der Waals surface area contributed by atoms with Gasteiger partial charge in [-0.1, -0.05) is 18.2 Å². The van der Waals surface area contributed by atoms with E-state index in [1.807, 2.05) is 6.07 Å². The number of nitrogens with zero attached hydrogens (tertiary/aromatic N) is 4. The van der Waals surface area contributed by atoms with Crippen molar-refractivity contribution in [1.82, 2.24) is 19.6 Å². The first-order chi connectivity index (χ1) is 12.9. The van der Waals surface area contributed by atoms with Crippen LogP contribution in [0.15, 0.2) is 36.7 Å². The summed E-state index contributed by atoms with van der Waals surface area (Å²) in [5.41, 5.74) is 0.477. The van der Waals surface area contributed by atoms with Gasteiger partial charge in [0.1, 0.15) is 12.1 Å². The van der Waals surface area contributed by atoms with E-state index in [0.717, 1.165) is 18.9 Å². The Balaban J connectivity index is 1.59. The second-order valence-electron chi connectivity index (χ2n) is 6.75. The van der Waals surface area contributed by atoms with Crippen LogP contribution in [0, 0.1) is 0 Å². The number of methoxy groups -OCH3 is 1. The number of hydrogen-bond acceptors (Lipinski definition) is 5. The van der Waals surface area contributed by atoms with E-state index < -0.39 is 11.7 Å². The van der Waals surface area contributed by atoms with Gasteiger partial charge >= 0.3 is 6.18 Å². The van der Waals surface area contributed by atoms with Crippen molar-refractivity contribution in [1.29, 1.82) is 0 Å². The molecule has 27 heavy (non-hydrogen) atoms. The Morgan fingerprint density at radius 3 is 2.78 bits per heavy atom. The third-order valence-electron chi connectivity index (χ3n) is 4.86. The molecule has 1 fully saturated rings. The van der Waals surface area contributed by atoms with Crippen LogP contribution in [0.5, 0.6) is 0 Å². The molecule has 142 valence electrons. The maximum absolute atomic E-state index is 13.0. The van der Waals surface area contributed by atoms with Gasteiger partial charge in [-0.2, -0.15) is 27.8 Å². The van der Waals surface area contributed by atoms with E-state index in [1.165, 1.54) is 18.5 Å². The first-order valence-corrected chi connectivity index (χ1v) is 8.51. The Bertz CT molecular complexity index is 965. The van der Waals surface area contributed by atoms with E-state index in [4.69, 9.17) is 4.74 Å². The molecule has 1 N–H and O–H groups in total. The second kappa shape index (κ2) is 6.49. The number of halogens is 3. The van der Waals surface area contributed by atoms with Gasteiger partial charge < -0.3 is 10.1 Å². The van der Waals surface area contributed by atoms with Crippen molar-refractivity contribution >= 4 is 11.6 Å². The minimum atomic E-state index is -4.34. The predicted octanol–water partition coefficient (Wildman–Crippen LogP) is 3.43. The molecule has 4 rings (SSSR count). The Morgan fingerprint density at radius 1 is 1.26 bits per heavy atom. The van der Waals surface area contributed by atoms with Gasteiger partial charge in [-0.25, -0.2) is 4.98 Å². The van der Waals surface area contributed by atoms with Crippen LogP contribution >= 0.6 is 0 Å². The fraction of sp³-hybridized carbons (Fsp3) is 0.389. The molecule has 1 aliphatic rings. The lowest BCUT2D eigenvalue weighted by Crippen LogP contribution is -2.22. The van der Waals surface area contributed by atoms with Gasteiger partial charge in [-0.3, -0.25) is 0 Å². The molecule has 1 aromatic carbocycles. The van der Waals surface area contributed by atoms with Crippen LogP contribution in [-0.4, -0.2) is 33.2 Å². The largest absolute Gasteiger partial charge is 0.416 e. The van der Waals surface area contributed by atoms with E-state index in [1.54, 1.807) is 17.7 Å². The molecular formula is C18H18F3N5O. The molecule has 0 unspecified atom stereocenters. The summed E-state index contributed by atoms with van der Waals surface area (Å²) in [5.74, 6) is 1.12. The topological polar surface area (TPSA) is 64.3 Å². The standard InChI is InChI=1S/C18H18F3N5O/c1-27-9-14-8-15(26-16(25-14)23-11-24-26)22-10-17(5-6-17)12-3-2-4-13(7-12)18(19,20)21/h2-4,7-8,11,22H,5-6,9-10H2,1H3. The maximum atomic E-state index is 13.0. The lowest BCUT2D eigenvalue weighted by atomic mass is 9.94. The van der Waals surface area contributed by atoms with Crippen LogP contribution in [0.4, 0.5) is 19.0 Å². The first kappa shape index (κ1) is 17.7. The van der Waals surface area contributed by atoms with Gasteiger partial charge in [0.2, 0.25) is 0 Å². The zero-order valence-corrected chi connectivity index (χ0v) is 14.6. The highest BCUT2D eigenvalue weighted by Crippen LogP contribution is 2.49. The van der Waals surface area contributed by atoms with Crippen LogP contribution in [0.2, 0.25) is 0 Å². The van der Waals surface area contributed by atoms with E-state index >= 15 is 0 Å². The fourth-order valence-electron chi connectivity index (χ4n) is 3.21. The molecule has 6 nitrogen and oxygen atoms in total. The summed E-state index contributed by atoms with van der Waals surface area (Å²) in [5, 5.41) is 7.47. The number of fused-ring (bicyclic) bond motifs is 1. The van der Waals surface area contributed by atoms with E-state index in [-0.39, 0.29) is 5.41 Å². The molecule has 0 spiro atoms. The third kappa shape index (κ3) is 3.46. The van der Waals surface area contributed by atoms with Crippen LogP contribution in [0.3, 0.4) is 0 Å². The zero-order valence-electron chi connectivity index (χ0n) is 14.6. The molecule has 0 aliphatic heterocycles. The molecule has 3 aromatic rings. The fourth-order valence-corrected chi connectivity index (χ4v) is 3.21. The number of nitrogens with one attached hydrogen (secondary N) is 1. The Labute approximate surface area is 153 Å². The molecular weight excluding hydrogens is 359 g/mol. The minimum Gasteiger partial charge on any atom is -0.378 e. The van der Waals surface area contributed by atoms with Crippen LogP contribution < -0.4 is 5.32 Å². The lowest BCUT2D eigenvalue weighted by molar-refractivity contribution is -0.137. The van der Waals surface area contributed by atoms with Gasteiger partial charge in [0, 0.05) is 25.1 Å². The van der Waals surface area contributed by atoms with Crippen molar-refractivity contribution in [2.45, 2.75) is 31.0 Å². The third-order valence-corrected chi connectivity index (χ3v) is 4.86. The number of anilines is 1. The lowest BCUT2D eigenvalue weighted by Gasteiger charge is -2.19. The summed E-state index contributed by atoms with van der Waals surface area (Å²) >= 11 is 0. The van der Waals surface area contributed by atoms with Crippen molar-refractivity contribution in [3.8, 4) is 0 Å². The first-order valence-electron chi connectivity index (χ1n) is 8.51. The van der Waals surface area contributed by atoms with Crippen molar-refractivity contribution in [3.63, 3.8) is 0 Å². The minimum absolute atomic E-state index is 0.307. The number of rotatable bonds is 6. The van der Waals surface area contributed by atoms with Gasteiger partial charge in [0.25, 0.3) is 5.78 Å². The summed E-state index contributed by atoms with van der Waals surface area (Å²) in [6.45, 7) is 0.830. The predicted molar refractivity (Wildman–Crippen MR) is 92.3 cm³/mol. The maximum Gasteiger partial charge on any atom is 0.416 e. The molecule has 0 atom stereocenters. The Morgan fingerprint density at radius 2 is 2.07 bits per heavy atom. The Hall–Kier alpha value is -2.68. The summed E-state index contributed by atoms with van der Waals surface area (Å²) in [7, 11) is 1.58. The highest BCUT2D eigenvalue weighted by Gasteiger charge is 2.45. The summed E-state index contributed by atoms with van der Waals surface area (Å²) in [6.07, 6.45) is -1.27. The number of benzene rings is 1. The molecule has 2 aromatic heterocycles. The molecule has 2 heterocycles. The highest BCUT2D eigenvalue weighted by atomic mass is 19.4. The molecule has 1 saturated carbocycles. The average molecular weight is 377 g/mol. The van der Waals surface area contributed by atoms with Crippen LogP contribution in [0.1, 0.15) is 29.7 Å². The van der Waals surface area contributed by atoms with Crippen molar-refractivity contribution in [2.75, 3.05) is 19.0 Å². The molecule has 1 aliphatic carbocycles. The van der Waals surface area contributed by atoms with Gasteiger partial charge in [0.15, 0.2) is 0 Å². The molecule has 0 amide bonds. The van der Waals surface area contributed by atoms with E-state index in [2.05, 4.69) is 20.4 Å². The SMILES string of the molecule is COCc1cc(NCC2(c3cccc(C(F)(F)F)c3)CC2)n2ncnc2n1. The highest BCUT2D eigenvalue weighted by molar-refractivity contribution is 5.47. The van der Waals surface area contributed by atoms with Gasteiger partial charge in [0.05, 0.1) is 17.9 Å². The summed E-state index contributed by atoms with van der Waals surface area (Å²) in [6, 6.07) is 7.40. The van der Waals surface area contributed by atoms with Crippen molar-refractivity contribution in [3.05, 3.63) is 53.5 Å². The molecule has 0 radical (unpaired) electrons. The molecule has 0 bridgehead atoms.